The van der Waals surface area contributed by atoms with Crippen molar-refractivity contribution in [3.05, 3.63) is 29.8 Å². The molecule has 5 heteroatoms. The number of terminal acetylenes is 1. The lowest BCUT2D eigenvalue weighted by molar-refractivity contribution is -0.140. The first-order chi connectivity index (χ1) is 9.58. The van der Waals surface area contributed by atoms with Crippen molar-refractivity contribution in [2.45, 2.75) is 24.7 Å². The van der Waals surface area contributed by atoms with Crippen LogP contribution in [0.1, 0.15) is 24.8 Å². The van der Waals surface area contributed by atoms with E-state index >= 15 is 0 Å². The molecule has 3 N–H and O–H groups in total. The van der Waals surface area contributed by atoms with E-state index in [1.807, 2.05) is 0 Å². The van der Waals surface area contributed by atoms with Gasteiger partial charge in [0.1, 0.15) is 0 Å². The number of carboxylic acids is 1. The van der Waals surface area contributed by atoms with Crippen molar-refractivity contribution in [1.82, 2.24) is 5.32 Å². The molecule has 1 aromatic carbocycles. The van der Waals surface area contributed by atoms with Gasteiger partial charge in [0.15, 0.2) is 0 Å². The number of carbonyl (C=O) groups excluding carboxylic acids is 1. The Bertz CT molecular complexity index is 553. The first-order valence-electron chi connectivity index (χ1n) is 6.41. The van der Waals surface area contributed by atoms with E-state index in [0.717, 1.165) is 5.56 Å². The zero-order chi connectivity index (χ0) is 14.6. The van der Waals surface area contributed by atoms with Gasteiger partial charge in [0.05, 0.1) is 5.41 Å². The van der Waals surface area contributed by atoms with E-state index in [1.54, 1.807) is 24.3 Å². The van der Waals surface area contributed by atoms with Crippen molar-refractivity contribution in [2.75, 3.05) is 11.9 Å². The number of anilines is 1. The number of carbonyl (C=O) groups is 2. The van der Waals surface area contributed by atoms with Crippen molar-refractivity contribution in [3.63, 3.8) is 0 Å². The highest BCUT2D eigenvalue weighted by molar-refractivity contribution is 5.89. The smallest absolute Gasteiger partial charge is 0.319 e. The van der Waals surface area contributed by atoms with E-state index in [9.17, 15) is 14.7 Å². The molecule has 0 unspecified atom stereocenters. The number of aliphatic carboxylic acids is 1. The Hall–Kier alpha value is -2.48. The second-order valence-electron chi connectivity index (χ2n) is 4.80. The summed E-state index contributed by atoms with van der Waals surface area (Å²) in [4.78, 5) is 22.7. The second kappa shape index (κ2) is 5.66. The third-order valence-electron chi connectivity index (χ3n) is 3.41. The molecule has 2 amide bonds. The van der Waals surface area contributed by atoms with Crippen molar-refractivity contribution >= 4 is 17.7 Å². The predicted molar refractivity (Wildman–Crippen MR) is 75.5 cm³/mol. The molecular weight excluding hydrogens is 256 g/mol. The molecule has 1 fully saturated rings. The van der Waals surface area contributed by atoms with Crippen LogP contribution in [0.2, 0.25) is 0 Å². The van der Waals surface area contributed by atoms with Crippen molar-refractivity contribution in [1.29, 1.82) is 0 Å². The Balaban J connectivity index is 1.94. The third-order valence-corrected chi connectivity index (χ3v) is 3.41. The summed E-state index contributed by atoms with van der Waals surface area (Å²) in [6.07, 6.45) is 6.90. The molecule has 1 saturated carbocycles. The predicted octanol–water partition coefficient (Wildman–Crippen LogP) is 1.95. The zero-order valence-corrected chi connectivity index (χ0v) is 11.0. The van der Waals surface area contributed by atoms with E-state index in [4.69, 9.17) is 6.42 Å². The number of hydrogen-bond donors (Lipinski definition) is 3. The van der Waals surface area contributed by atoms with Crippen LogP contribution < -0.4 is 10.6 Å². The Morgan fingerprint density at radius 2 is 1.95 bits per heavy atom. The number of nitrogens with one attached hydrogen (secondary N) is 2. The molecule has 2 rings (SSSR count). The molecule has 104 valence electrons. The maximum absolute atomic E-state index is 11.5. The molecule has 1 aliphatic rings. The largest absolute Gasteiger partial charge is 0.481 e. The first-order valence-corrected chi connectivity index (χ1v) is 6.41. The standard InChI is InChI=1S/C15H16N2O3/c1-2-3-10-16-14(20)17-12-6-4-11(5-7-12)15(8-9-15)13(18)19/h1,4-7H,3,8-10H2,(H,18,19)(H2,16,17,20). The van der Waals surface area contributed by atoms with Crippen LogP contribution in [0.5, 0.6) is 0 Å². The van der Waals surface area contributed by atoms with Gasteiger partial charge in [-0.3, -0.25) is 4.79 Å². The zero-order valence-electron chi connectivity index (χ0n) is 11.0. The summed E-state index contributed by atoms with van der Waals surface area (Å²) in [6.45, 7) is 0.419. The topological polar surface area (TPSA) is 78.4 Å². The highest BCUT2D eigenvalue weighted by Gasteiger charge is 2.51. The van der Waals surface area contributed by atoms with E-state index in [1.165, 1.54) is 0 Å². The maximum atomic E-state index is 11.5. The Morgan fingerprint density at radius 3 is 2.45 bits per heavy atom. The van der Waals surface area contributed by atoms with Gasteiger partial charge in [-0.2, -0.15) is 0 Å². The van der Waals surface area contributed by atoms with Gasteiger partial charge in [-0.1, -0.05) is 12.1 Å². The fraction of sp³-hybridized carbons (Fsp3) is 0.333. The first kappa shape index (κ1) is 13.9. The molecule has 1 aliphatic carbocycles. The SMILES string of the molecule is C#CCCNC(=O)Nc1ccc(C2(C(=O)O)CC2)cc1. The Morgan fingerprint density at radius 1 is 1.30 bits per heavy atom. The van der Waals surface area contributed by atoms with Crippen LogP contribution in [-0.2, 0) is 10.2 Å². The monoisotopic (exact) mass is 272 g/mol. The molecule has 0 bridgehead atoms. The number of benzene rings is 1. The van der Waals surface area contributed by atoms with Crippen LogP contribution >= 0.6 is 0 Å². The van der Waals surface area contributed by atoms with Crippen LogP contribution in [0.3, 0.4) is 0 Å². The van der Waals surface area contributed by atoms with Gasteiger partial charge in [0.25, 0.3) is 0 Å². The molecule has 20 heavy (non-hydrogen) atoms. The minimum atomic E-state index is -0.787. The molecule has 0 atom stereocenters. The average molecular weight is 272 g/mol. The van der Waals surface area contributed by atoms with Crippen LogP contribution in [0, 0.1) is 12.3 Å². The lowest BCUT2D eigenvalue weighted by Gasteiger charge is -2.11. The van der Waals surface area contributed by atoms with Gasteiger partial charge in [-0.05, 0) is 30.5 Å². The van der Waals surface area contributed by atoms with Gasteiger partial charge >= 0.3 is 12.0 Å². The summed E-state index contributed by atoms with van der Waals surface area (Å²) >= 11 is 0. The van der Waals surface area contributed by atoms with Gasteiger partial charge in [0, 0.05) is 18.7 Å². The Labute approximate surface area is 117 Å². The quantitative estimate of drug-likeness (QED) is 0.566. The number of hydrogen-bond acceptors (Lipinski definition) is 2. The van der Waals surface area contributed by atoms with E-state index in [0.29, 0.717) is 31.5 Å². The highest BCUT2D eigenvalue weighted by atomic mass is 16.4. The number of amides is 2. The third kappa shape index (κ3) is 2.91. The minimum Gasteiger partial charge on any atom is -0.481 e. The van der Waals surface area contributed by atoms with Crippen LogP contribution in [0.15, 0.2) is 24.3 Å². The summed E-state index contributed by atoms with van der Waals surface area (Å²) in [5.74, 6) is 1.64. The highest BCUT2D eigenvalue weighted by Crippen LogP contribution is 2.48. The summed E-state index contributed by atoms with van der Waals surface area (Å²) in [6, 6.07) is 6.58. The fourth-order valence-corrected chi connectivity index (χ4v) is 2.05. The summed E-state index contributed by atoms with van der Waals surface area (Å²) in [5.41, 5.74) is 0.685. The van der Waals surface area contributed by atoms with Gasteiger partial charge in [-0.15, -0.1) is 12.3 Å². The van der Waals surface area contributed by atoms with E-state index < -0.39 is 11.4 Å². The summed E-state index contributed by atoms with van der Waals surface area (Å²) in [5, 5.41) is 14.5. The minimum absolute atomic E-state index is 0.327. The lowest BCUT2D eigenvalue weighted by atomic mass is 9.96. The summed E-state index contributed by atoms with van der Waals surface area (Å²) in [7, 11) is 0. The van der Waals surface area contributed by atoms with Crippen LogP contribution in [-0.4, -0.2) is 23.7 Å². The van der Waals surface area contributed by atoms with E-state index in [2.05, 4.69) is 16.6 Å². The number of urea groups is 1. The van der Waals surface area contributed by atoms with E-state index in [-0.39, 0.29) is 6.03 Å². The molecule has 0 heterocycles. The van der Waals surface area contributed by atoms with Crippen LogP contribution in [0.25, 0.3) is 0 Å². The molecule has 0 radical (unpaired) electrons. The van der Waals surface area contributed by atoms with Gasteiger partial charge in [-0.25, -0.2) is 4.79 Å². The normalized spacial score (nSPS) is 14.9. The van der Waals surface area contributed by atoms with Gasteiger partial charge in [0.2, 0.25) is 0 Å². The van der Waals surface area contributed by atoms with Crippen molar-refractivity contribution < 1.29 is 14.7 Å². The second-order valence-corrected chi connectivity index (χ2v) is 4.80. The fourth-order valence-electron chi connectivity index (χ4n) is 2.05. The van der Waals surface area contributed by atoms with Crippen molar-refractivity contribution in [3.8, 4) is 12.3 Å². The van der Waals surface area contributed by atoms with Crippen LogP contribution in [0.4, 0.5) is 10.5 Å². The number of carboxylic acid groups (broad SMARTS) is 1. The summed E-state index contributed by atoms with van der Waals surface area (Å²) < 4.78 is 0. The average Bonchev–Trinajstić information content (AvgIpc) is 3.21. The molecule has 0 spiro atoms. The maximum Gasteiger partial charge on any atom is 0.319 e. The Kier molecular flexibility index (Phi) is 3.94. The number of rotatable bonds is 5. The lowest BCUT2D eigenvalue weighted by Crippen LogP contribution is -2.29. The molecule has 1 aromatic rings. The molecule has 5 nitrogen and oxygen atoms in total. The van der Waals surface area contributed by atoms with Gasteiger partial charge < -0.3 is 15.7 Å². The molecule has 0 aromatic heterocycles. The molecule has 0 aliphatic heterocycles. The molecular formula is C15H16N2O3. The molecule has 0 saturated heterocycles. The van der Waals surface area contributed by atoms with Crippen molar-refractivity contribution in [2.24, 2.45) is 0 Å².